The van der Waals surface area contributed by atoms with Crippen molar-refractivity contribution >= 4 is 5.97 Å². The number of carbonyl (C=O) groups is 1. The van der Waals surface area contributed by atoms with E-state index in [2.05, 4.69) is 10.7 Å². The highest BCUT2D eigenvalue weighted by molar-refractivity contribution is 5.87. The maximum atomic E-state index is 11.1. The van der Waals surface area contributed by atoms with Crippen molar-refractivity contribution in [1.29, 1.82) is 0 Å². The molecule has 0 saturated carbocycles. The molecule has 0 amide bonds. The Morgan fingerprint density at radius 1 is 1.83 bits per heavy atom. The van der Waals surface area contributed by atoms with Crippen molar-refractivity contribution in [3.05, 3.63) is 24.0 Å². The van der Waals surface area contributed by atoms with E-state index < -0.39 is 0 Å². The van der Waals surface area contributed by atoms with Crippen LogP contribution < -0.4 is 0 Å². The first-order valence-electron chi connectivity index (χ1n) is 3.46. The summed E-state index contributed by atoms with van der Waals surface area (Å²) in [5.74, 6) is 2.08. The van der Waals surface area contributed by atoms with Crippen LogP contribution in [0.4, 0.5) is 0 Å². The van der Waals surface area contributed by atoms with E-state index >= 15 is 0 Å². The van der Waals surface area contributed by atoms with Gasteiger partial charge in [0.1, 0.15) is 5.69 Å². The van der Waals surface area contributed by atoms with Crippen LogP contribution in [-0.2, 0) is 11.3 Å². The van der Waals surface area contributed by atoms with E-state index in [-0.39, 0.29) is 5.97 Å². The predicted octanol–water partition coefficient (Wildman–Crippen LogP) is 0.908. The van der Waals surface area contributed by atoms with Gasteiger partial charge in [-0.2, -0.15) is 0 Å². The molecule has 1 aromatic rings. The SMILES string of the molecule is C#CCn1cccc1C(=O)OC. The fourth-order valence-electron chi connectivity index (χ4n) is 0.940. The molecule has 1 rings (SSSR count). The Balaban J connectivity index is 2.92. The minimum Gasteiger partial charge on any atom is -0.464 e. The van der Waals surface area contributed by atoms with Gasteiger partial charge in [-0.05, 0) is 12.1 Å². The normalized spacial score (nSPS) is 9.00. The van der Waals surface area contributed by atoms with Gasteiger partial charge in [0, 0.05) is 6.20 Å². The largest absolute Gasteiger partial charge is 0.464 e. The van der Waals surface area contributed by atoms with E-state index in [0.29, 0.717) is 12.2 Å². The lowest BCUT2D eigenvalue weighted by molar-refractivity contribution is 0.0589. The zero-order chi connectivity index (χ0) is 8.97. The fourth-order valence-corrected chi connectivity index (χ4v) is 0.940. The molecule has 0 atom stereocenters. The second-order valence-corrected chi connectivity index (χ2v) is 2.22. The molecule has 3 nitrogen and oxygen atoms in total. The monoisotopic (exact) mass is 163 g/mol. The summed E-state index contributed by atoms with van der Waals surface area (Å²) in [6, 6.07) is 3.42. The average Bonchev–Trinajstić information content (AvgIpc) is 2.52. The predicted molar refractivity (Wildman–Crippen MR) is 44.6 cm³/mol. The summed E-state index contributed by atoms with van der Waals surface area (Å²) in [5.41, 5.74) is 0.482. The summed E-state index contributed by atoms with van der Waals surface area (Å²) in [5, 5.41) is 0. The first-order chi connectivity index (χ1) is 5.79. The molecule has 1 heterocycles. The molecule has 12 heavy (non-hydrogen) atoms. The minimum atomic E-state index is -0.366. The fraction of sp³-hybridized carbons (Fsp3) is 0.222. The molecule has 0 aliphatic heterocycles. The smallest absolute Gasteiger partial charge is 0.354 e. The van der Waals surface area contributed by atoms with E-state index in [1.165, 1.54) is 7.11 Å². The van der Waals surface area contributed by atoms with Gasteiger partial charge in [0.25, 0.3) is 0 Å². The summed E-state index contributed by atoms with van der Waals surface area (Å²) < 4.78 is 6.21. The average molecular weight is 163 g/mol. The quantitative estimate of drug-likeness (QED) is 0.479. The van der Waals surface area contributed by atoms with Crippen molar-refractivity contribution in [2.45, 2.75) is 6.54 Å². The summed E-state index contributed by atoms with van der Waals surface area (Å²) >= 11 is 0. The van der Waals surface area contributed by atoms with Gasteiger partial charge < -0.3 is 9.30 Å². The maximum Gasteiger partial charge on any atom is 0.354 e. The lowest BCUT2D eigenvalue weighted by Gasteiger charge is -2.02. The van der Waals surface area contributed by atoms with E-state index in [1.807, 2.05) is 0 Å². The lowest BCUT2D eigenvalue weighted by Crippen LogP contribution is -2.09. The van der Waals surface area contributed by atoms with Crippen LogP contribution in [0.1, 0.15) is 10.5 Å². The van der Waals surface area contributed by atoms with Crippen molar-refractivity contribution in [3.63, 3.8) is 0 Å². The third-order valence-corrected chi connectivity index (χ3v) is 1.49. The topological polar surface area (TPSA) is 31.2 Å². The van der Waals surface area contributed by atoms with Crippen LogP contribution >= 0.6 is 0 Å². The third kappa shape index (κ3) is 1.48. The lowest BCUT2D eigenvalue weighted by atomic mass is 10.4. The van der Waals surface area contributed by atoms with Gasteiger partial charge in [0.15, 0.2) is 0 Å². The molecule has 0 spiro atoms. The van der Waals surface area contributed by atoms with E-state index in [0.717, 1.165) is 0 Å². The molecular formula is C9H9NO2. The van der Waals surface area contributed by atoms with Gasteiger partial charge >= 0.3 is 5.97 Å². The number of methoxy groups -OCH3 is 1. The number of hydrogen-bond donors (Lipinski definition) is 0. The van der Waals surface area contributed by atoms with Crippen LogP contribution in [0, 0.1) is 12.3 Å². The number of nitrogens with zero attached hydrogens (tertiary/aromatic N) is 1. The Morgan fingerprint density at radius 2 is 2.58 bits per heavy atom. The van der Waals surface area contributed by atoms with Crippen LogP contribution in [0.25, 0.3) is 0 Å². The van der Waals surface area contributed by atoms with Crippen LogP contribution in [0.3, 0.4) is 0 Å². The second-order valence-electron chi connectivity index (χ2n) is 2.22. The molecule has 3 heteroatoms. The molecule has 0 N–H and O–H groups in total. The molecule has 1 aromatic heterocycles. The Bertz CT molecular complexity index is 320. The van der Waals surface area contributed by atoms with Crippen molar-refractivity contribution in [2.75, 3.05) is 7.11 Å². The molecule has 62 valence electrons. The maximum absolute atomic E-state index is 11.1. The molecule has 0 bridgehead atoms. The molecule has 0 unspecified atom stereocenters. The Kier molecular flexibility index (Phi) is 2.54. The zero-order valence-electron chi connectivity index (χ0n) is 6.78. The molecule has 0 aromatic carbocycles. The van der Waals surface area contributed by atoms with Gasteiger partial charge in [0.05, 0.1) is 13.7 Å². The first-order valence-corrected chi connectivity index (χ1v) is 3.46. The van der Waals surface area contributed by atoms with E-state index in [1.54, 1.807) is 22.9 Å². The number of aromatic nitrogens is 1. The highest BCUT2D eigenvalue weighted by Gasteiger charge is 2.08. The van der Waals surface area contributed by atoms with Crippen LogP contribution in [0.15, 0.2) is 18.3 Å². The first kappa shape index (κ1) is 8.41. The number of terminal acetylenes is 1. The van der Waals surface area contributed by atoms with Crippen molar-refractivity contribution in [2.24, 2.45) is 0 Å². The highest BCUT2D eigenvalue weighted by Crippen LogP contribution is 2.02. The van der Waals surface area contributed by atoms with Crippen LogP contribution in [0.5, 0.6) is 0 Å². The zero-order valence-corrected chi connectivity index (χ0v) is 6.78. The Morgan fingerprint density at radius 3 is 3.17 bits per heavy atom. The number of rotatable bonds is 2. The van der Waals surface area contributed by atoms with Crippen molar-refractivity contribution in [3.8, 4) is 12.3 Å². The third-order valence-electron chi connectivity index (χ3n) is 1.49. The standard InChI is InChI=1S/C9H9NO2/c1-3-6-10-7-4-5-8(10)9(11)12-2/h1,4-5,7H,6H2,2H3. The van der Waals surface area contributed by atoms with Gasteiger partial charge in [0.2, 0.25) is 0 Å². The number of carbonyl (C=O) groups excluding carboxylic acids is 1. The summed E-state index contributed by atoms with van der Waals surface area (Å²) in [7, 11) is 1.34. The van der Waals surface area contributed by atoms with Gasteiger partial charge in [-0.25, -0.2) is 4.79 Å². The van der Waals surface area contributed by atoms with Gasteiger partial charge in [-0.3, -0.25) is 0 Å². The molecule has 0 fully saturated rings. The van der Waals surface area contributed by atoms with Gasteiger partial charge in [-0.1, -0.05) is 5.92 Å². The Hall–Kier alpha value is -1.69. The van der Waals surface area contributed by atoms with Crippen LogP contribution in [0.2, 0.25) is 0 Å². The number of ether oxygens (including phenoxy) is 1. The van der Waals surface area contributed by atoms with E-state index in [4.69, 9.17) is 6.42 Å². The summed E-state index contributed by atoms with van der Waals surface area (Å²) in [4.78, 5) is 11.1. The summed E-state index contributed by atoms with van der Waals surface area (Å²) in [6.45, 7) is 0.386. The number of hydrogen-bond acceptors (Lipinski definition) is 2. The van der Waals surface area contributed by atoms with Crippen LogP contribution in [-0.4, -0.2) is 17.6 Å². The number of esters is 1. The molecular weight excluding hydrogens is 154 g/mol. The van der Waals surface area contributed by atoms with Crippen molar-refractivity contribution < 1.29 is 9.53 Å². The highest BCUT2D eigenvalue weighted by atomic mass is 16.5. The minimum absolute atomic E-state index is 0.366. The second kappa shape index (κ2) is 3.63. The molecule has 0 saturated heterocycles. The molecule has 0 radical (unpaired) electrons. The molecule has 0 aliphatic rings. The Labute approximate surface area is 70.9 Å². The van der Waals surface area contributed by atoms with Gasteiger partial charge in [-0.15, -0.1) is 6.42 Å². The van der Waals surface area contributed by atoms with E-state index in [9.17, 15) is 4.79 Å². The summed E-state index contributed by atoms with van der Waals surface area (Å²) in [6.07, 6.45) is 6.85. The molecule has 0 aliphatic carbocycles. The van der Waals surface area contributed by atoms with Crippen molar-refractivity contribution in [1.82, 2.24) is 4.57 Å².